The lowest BCUT2D eigenvalue weighted by atomic mass is 10.2. The van der Waals surface area contributed by atoms with Crippen LogP contribution in [0, 0.1) is 0 Å². The summed E-state index contributed by atoms with van der Waals surface area (Å²) in [5.74, 6) is 0.247. The predicted octanol–water partition coefficient (Wildman–Crippen LogP) is 1.84. The molecule has 0 aromatic heterocycles. The van der Waals surface area contributed by atoms with E-state index < -0.39 is 5.97 Å². The lowest BCUT2D eigenvalue weighted by molar-refractivity contribution is 0.0692. The summed E-state index contributed by atoms with van der Waals surface area (Å²) in [6, 6.07) is 6.65. The summed E-state index contributed by atoms with van der Waals surface area (Å²) in [5, 5.41) is 9.34. The molecular weight excluding hydrogens is 238 g/mol. The van der Waals surface area contributed by atoms with Crippen LogP contribution in [-0.4, -0.2) is 35.2 Å². The van der Waals surface area contributed by atoms with Gasteiger partial charge in [-0.05, 0) is 12.1 Å². The number of para-hydroxylation sites is 1. The Morgan fingerprint density at radius 2 is 2.24 bits per heavy atom. The van der Waals surface area contributed by atoms with Crippen LogP contribution in [0.5, 0.6) is 5.75 Å². The van der Waals surface area contributed by atoms with E-state index in [4.69, 9.17) is 15.6 Å². The molecule has 0 heterocycles. The minimum absolute atomic E-state index is 0.198. The number of carbonyl (C=O) groups is 1. The maximum Gasteiger partial charge on any atom is 0.339 e. The van der Waals surface area contributed by atoms with Crippen molar-refractivity contribution in [2.75, 3.05) is 18.9 Å². The highest BCUT2D eigenvalue weighted by Crippen LogP contribution is 2.18. The fourth-order valence-electron chi connectivity index (χ4n) is 1.24. The zero-order valence-electron chi connectivity index (χ0n) is 9.76. The van der Waals surface area contributed by atoms with Gasteiger partial charge in [-0.1, -0.05) is 19.1 Å². The van der Waals surface area contributed by atoms with Gasteiger partial charge >= 0.3 is 5.97 Å². The third kappa shape index (κ3) is 4.66. The zero-order chi connectivity index (χ0) is 12.7. The van der Waals surface area contributed by atoms with Crippen LogP contribution < -0.4 is 10.5 Å². The van der Waals surface area contributed by atoms with Crippen molar-refractivity contribution in [3.05, 3.63) is 29.8 Å². The molecule has 0 fully saturated rings. The van der Waals surface area contributed by atoms with Gasteiger partial charge in [-0.15, -0.1) is 0 Å². The van der Waals surface area contributed by atoms with Crippen LogP contribution >= 0.6 is 11.8 Å². The Kier molecular flexibility index (Phi) is 5.86. The number of carboxylic acid groups (broad SMARTS) is 1. The third-order valence-electron chi connectivity index (χ3n) is 2.19. The van der Waals surface area contributed by atoms with Crippen molar-refractivity contribution in [1.29, 1.82) is 0 Å². The van der Waals surface area contributed by atoms with Crippen molar-refractivity contribution >= 4 is 17.7 Å². The maximum absolute atomic E-state index is 10.9. The van der Waals surface area contributed by atoms with E-state index in [1.807, 2.05) is 0 Å². The molecule has 0 bridgehead atoms. The van der Waals surface area contributed by atoms with Gasteiger partial charge < -0.3 is 15.6 Å². The first kappa shape index (κ1) is 13.9. The fraction of sp³-hybridized carbons (Fsp3) is 0.417. The van der Waals surface area contributed by atoms with E-state index in [1.54, 1.807) is 30.0 Å². The zero-order valence-corrected chi connectivity index (χ0v) is 10.6. The minimum Gasteiger partial charge on any atom is -0.492 e. The Labute approximate surface area is 105 Å². The topological polar surface area (TPSA) is 72.5 Å². The molecule has 5 heteroatoms. The number of hydrogen-bond acceptors (Lipinski definition) is 4. The number of aromatic carboxylic acids is 1. The summed E-state index contributed by atoms with van der Waals surface area (Å²) >= 11 is 1.71. The van der Waals surface area contributed by atoms with Gasteiger partial charge in [0.05, 0.1) is 6.61 Å². The average molecular weight is 255 g/mol. The molecule has 1 aromatic rings. The number of nitrogens with two attached hydrogens (primary N) is 1. The molecule has 4 nitrogen and oxygen atoms in total. The van der Waals surface area contributed by atoms with E-state index in [0.29, 0.717) is 24.2 Å². The Bertz CT molecular complexity index is 371. The van der Waals surface area contributed by atoms with Gasteiger partial charge in [0, 0.05) is 17.5 Å². The van der Waals surface area contributed by atoms with Gasteiger partial charge in [-0.25, -0.2) is 4.79 Å². The van der Waals surface area contributed by atoms with Gasteiger partial charge in [-0.2, -0.15) is 11.8 Å². The molecule has 0 aliphatic heterocycles. The first-order valence-electron chi connectivity index (χ1n) is 5.42. The van der Waals surface area contributed by atoms with Gasteiger partial charge in [0.2, 0.25) is 0 Å². The van der Waals surface area contributed by atoms with Crippen LogP contribution in [0.4, 0.5) is 0 Å². The van der Waals surface area contributed by atoms with E-state index in [2.05, 4.69) is 6.92 Å². The lowest BCUT2D eigenvalue weighted by Gasteiger charge is -2.10. The number of ether oxygens (including phenoxy) is 1. The number of rotatable bonds is 7. The van der Waals surface area contributed by atoms with Gasteiger partial charge in [0.1, 0.15) is 11.3 Å². The molecule has 0 radical (unpaired) electrons. The second kappa shape index (κ2) is 7.19. The minimum atomic E-state index is -0.969. The molecule has 1 unspecified atom stereocenters. The number of benzene rings is 1. The normalized spacial score (nSPS) is 12.1. The number of hydrogen-bond donors (Lipinski definition) is 2. The van der Waals surface area contributed by atoms with Gasteiger partial charge in [0.25, 0.3) is 0 Å². The summed E-state index contributed by atoms with van der Waals surface area (Å²) in [5.41, 5.74) is 5.69. The molecule has 0 spiro atoms. The quantitative estimate of drug-likeness (QED) is 0.727. The summed E-state index contributed by atoms with van der Waals surface area (Å²) in [4.78, 5) is 10.9. The van der Waals surface area contributed by atoms with E-state index in [0.717, 1.165) is 5.75 Å². The predicted molar refractivity (Wildman–Crippen MR) is 69.9 cm³/mol. The van der Waals surface area contributed by atoms with E-state index >= 15 is 0 Å². The van der Waals surface area contributed by atoms with E-state index in [9.17, 15) is 4.79 Å². The van der Waals surface area contributed by atoms with Crippen molar-refractivity contribution in [2.24, 2.45) is 5.73 Å². The third-order valence-corrected chi connectivity index (χ3v) is 3.36. The van der Waals surface area contributed by atoms with Crippen LogP contribution in [0.25, 0.3) is 0 Å². The molecule has 0 saturated heterocycles. The summed E-state index contributed by atoms with van der Waals surface area (Å²) in [6.07, 6.45) is 0. The molecule has 0 saturated carbocycles. The molecular formula is C12H17NO3S. The Balaban J connectivity index is 2.44. The van der Waals surface area contributed by atoms with Gasteiger partial charge in [0.15, 0.2) is 0 Å². The van der Waals surface area contributed by atoms with Crippen molar-refractivity contribution in [2.45, 2.75) is 12.2 Å². The van der Waals surface area contributed by atoms with Crippen molar-refractivity contribution in [1.82, 2.24) is 0 Å². The average Bonchev–Trinajstić information content (AvgIpc) is 2.34. The Morgan fingerprint density at radius 3 is 2.88 bits per heavy atom. The van der Waals surface area contributed by atoms with Crippen LogP contribution in [0.1, 0.15) is 17.3 Å². The van der Waals surface area contributed by atoms with Crippen LogP contribution in [0.15, 0.2) is 24.3 Å². The van der Waals surface area contributed by atoms with Crippen LogP contribution in [0.3, 0.4) is 0 Å². The number of thioether (sulfide) groups is 1. The monoisotopic (exact) mass is 255 g/mol. The molecule has 3 N–H and O–H groups in total. The molecule has 94 valence electrons. The molecule has 1 aromatic carbocycles. The van der Waals surface area contributed by atoms with Crippen molar-refractivity contribution in [3.63, 3.8) is 0 Å². The Hall–Kier alpha value is -1.20. The van der Waals surface area contributed by atoms with Crippen molar-refractivity contribution in [3.8, 4) is 5.75 Å². The van der Waals surface area contributed by atoms with Crippen molar-refractivity contribution < 1.29 is 14.6 Å². The molecule has 0 aliphatic rings. The fourth-order valence-corrected chi connectivity index (χ4v) is 1.96. The van der Waals surface area contributed by atoms with Crippen LogP contribution in [0.2, 0.25) is 0 Å². The second-order valence-corrected chi connectivity index (χ2v) is 5.11. The number of carboxylic acids is 1. The highest BCUT2D eigenvalue weighted by atomic mass is 32.2. The second-order valence-electron chi connectivity index (χ2n) is 3.57. The SMILES string of the molecule is CC(CN)SCCOc1ccccc1C(=O)O. The standard InChI is InChI=1S/C12H17NO3S/c1-9(8-13)17-7-6-16-11-5-3-2-4-10(11)12(14)15/h2-5,9H,6-8,13H2,1H3,(H,14,15). The highest BCUT2D eigenvalue weighted by molar-refractivity contribution is 7.99. The lowest BCUT2D eigenvalue weighted by Crippen LogP contribution is -2.15. The molecule has 17 heavy (non-hydrogen) atoms. The largest absolute Gasteiger partial charge is 0.492 e. The van der Waals surface area contributed by atoms with E-state index in [1.165, 1.54) is 6.07 Å². The molecule has 1 rings (SSSR count). The summed E-state index contributed by atoms with van der Waals surface area (Å²) < 4.78 is 5.45. The highest BCUT2D eigenvalue weighted by Gasteiger charge is 2.09. The van der Waals surface area contributed by atoms with Crippen LogP contribution in [-0.2, 0) is 0 Å². The first-order valence-corrected chi connectivity index (χ1v) is 6.46. The smallest absolute Gasteiger partial charge is 0.339 e. The maximum atomic E-state index is 10.9. The van der Waals surface area contributed by atoms with E-state index in [-0.39, 0.29) is 5.56 Å². The Morgan fingerprint density at radius 1 is 1.53 bits per heavy atom. The first-order chi connectivity index (χ1) is 8.15. The summed E-state index contributed by atoms with van der Waals surface area (Å²) in [7, 11) is 0. The molecule has 0 amide bonds. The molecule has 0 aliphatic carbocycles. The van der Waals surface area contributed by atoms with Gasteiger partial charge in [-0.3, -0.25) is 0 Å². The summed E-state index contributed by atoms with van der Waals surface area (Å²) in [6.45, 7) is 3.17. The molecule has 1 atom stereocenters.